The standard InChI is InChI=1S/C8H10O4/c1-3-5(2)8(11)4-6(9)12-7(8)10/h11H,2-4H2,1H3. The second kappa shape index (κ2) is 2.71. The minimum absolute atomic E-state index is 0.307. The van der Waals surface area contributed by atoms with Gasteiger partial charge in [0.2, 0.25) is 0 Å². The predicted octanol–water partition coefficient (Wildman–Crippen LogP) is 0.157. The summed E-state index contributed by atoms with van der Waals surface area (Å²) in [5, 5.41) is 9.60. The molecule has 66 valence electrons. The number of carbonyl (C=O) groups excluding carboxylic acids is 2. The Morgan fingerprint density at radius 1 is 1.75 bits per heavy atom. The highest BCUT2D eigenvalue weighted by atomic mass is 16.6. The number of cyclic esters (lactones) is 2. The van der Waals surface area contributed by atoms with E-state index in [4.69, 9.17) is 0 Å². The predicted molar refractivity (Wildman–Crippen MR) is 40.1 cm³/mol. The van der Waals surface area contributed by atoms with Gasteiger partial charge in [-0.3, -0.25) is 4.79 Å². The van der Waals surface area contributed by atoms with Crippen LogP contribution in [0.3, 0.4) is 0 Å². The fourth-order valence-electron chi connectivity index (χ4n) is 1.07. The van der Waals surface area contributed by atoms with Gasteiger partial charge >= 0.3 is 11.9 Å². The van der Waals surface area contributed by atoms with E-state index in [1.54, 1.807) is 6.92 Å². The van der Waals surface area contributed by atoms with E-state index in [9.17, 15) is 14.7 Å². The van der Waals surface area contributed by atoms with Crippen molar-refractivity contribution < 1.29 is 19.4 Å². The fraction of sp³-hybridized carbons (Fsp3) is 0.500. The molecule has 0 aromatic rings. The van der Waals surface area contributed by atoms with Crippen LogP contribution in [0, 0.1) is 0 Å². The average molecular weight is 170 g/mol. The van der Waals surface area contributed by atoms with Crippen LogP contribution < -0.4 is 0 Å². The van der Waals surface area contributed by atoms with Crippen LogP contribution >= 0.6 is 0 Å². The molecule has 0 aliphatic carbocycles. The molecule has 0 saturated carbocycles. The van der Waals surface area contributed by atoms with E-state index >= 15 is 0 Å². The molecule has 1 unspecified atom stereocenters. The van der Waals surface area contributed by atoms with Crippen LogP contribution in [0.4, 0.5) is 0 Å². The molecule has 4 nitrogen and oxygen atoms in total. The molecule has 0 amide bonds. The maximum atomic E-state index is 11.0. The van der Waals surface area contributed by atoms with Gasteiger partial charge in [0.25, 0.3) is 0 Å². The number of ether oxygens (including phenoxy) is 1. The normalized spacial score (nSPS) is 28.8. The molecular formula is C8H10O4. The number of aliphatic hydroxyl groups is 1. The molecule has 1 heterocycles. The van der Waals surface area contributed by atoms with Crippen molar-refractivity contribution in [2.75, 3.05) is 0 Å². The van der Waals surface area contributed by atoms with E-state index in [0.29, 0.717) is 12.0 Å². The molecule has 1 saturated heterocycles. The van der Waals surface area contributed by atoms with Crippen molar-refractivity contribution in [2.24, 2.45) is 0 Å². The summed E-state index contributed by atoms with van der Waals surface area (Å²) < 4.78 is 4.21. The number of carbonyl (C=O) groups is 2. The maximum Gasteiger partial charge on any atom is 0.350 e. The van der Waals surface area contributed by atoms with Gasteiger partial charge < -0.3 is 9.84 Å². The van der Waals surface area contributed by atoms with Gasteiger partial charge in [-0.25, -0.2) is 4.79 Å². The molecule has 4 heteroatoms. The Bertz CT molecular complexity index is 256. The van der Waals surface area contributed by atoms with Crippen molar-refractivity contribution in [2.45, 2.75) is 25.4 Å². The van der Waals surface area contributed by atoms with Crippen molar-refractivity contribution in [3.8, 4) is 0 Å². The first kappa shape index (κ1) is 8.93. The topological polar surface area (TPSA) is 63.6 Å². The highest BCUT2D eigenvalue weighted by Gasteiger charge is 2.49. The monoisotopic (exact) mass is 170 g/mol. The number of rotatable bonds is 2. The van der Waals surface area contributed by atoms with Gasteiger partial charge in [0.1, 0.15) is 0 Å². The molecule has 1 aliphatic rings. The third kappa shape index (κ3) is 1.14. The second-order valence-corrected chi connectivity index (χ2v) is 2.76. The zero-order valence-corrected chi connectivity index (χ0v) is 6.79. The Labute approximate surface area is 69.8 Å². The smallest absolute Gasteiger partial charge is 0.350 e. The van der Waals surface area contributed by atoms with Crippen molar-refractivity contribution in [1.82, 2.24) is 0 Å². The van der Waals surface area contributed by atoms with Gasteiger partial charge in [0.05, 0.1) is 6.42 Å². The summed E-state index contributed by atoms with van der Waals surface area (Å²) in [6.45, 7) is 5.26. The average Bonchev–Trinajstić information content (AvgIpc) is 2.26. The molecule has 0 bridgehead atoms. The molecule has 0 aromatic carbocycles. The minimum Gasteiger partial charge on any atom is -0.391 e. The first-order valence-corrected chi connectivity index (χ1v) is 3.66. The Morgan fingerprint density at radius 3 is 2.67 bits per heavy atom. The van der Waals surface area contributed by atoms with Gasteiger partial charge in [-0.2, -0.15) is 0 Å². The summed E-state index contributed by atoms with van der Waals surface area (Å²) in [4.78, 5) is 21.6. The molecule has 1 atom stereocenters. The molecule has 0 spiro atoms. The molecule has 1 rings (SSSR count). The van der Waals surface area contributed by atoms with Gasteiger partial charge in [0, 0.05) is 0 Å². The van der Waals surface area contributed by atoms with Crippen molar-refractivity contribution in [3.63, 3.8) is 0 Å². The lowest BCUT2D eigenvalue weighted by Crippen LogP contribution is -2.35. The summed E-state index contributed by atoms with van der Waals surface area (Å²) in [5.41, 5.74) is -1.45. The third-order valence-electron chi connectivity index (χ3n) is 1.96. The van der Waals surface area contributed by atoms with Crippen LogP contribution in [0.5, 0.6) is 0 Å². The van der Waals surface area contributed by atoms with Crippen LogP contribution in [-0.4, -0.2) is 22.6 Å². The van der Waals surface area contributed by atoms with Crippen LogP contribution in [0.15, 0.2) is 12.2 Å². The fourth-order valence-corrected chi connectivity index (χ4v) is 1.07. The maximum absolute atomic E-state index is 11.0. The molecule has 0 aromatic heterocycles. The molecule has 12 heavy (non-hydrogen) atoms. The first-order valence-electron chi connectivity index (χ1n) is 3.66. The summed E-state index contributed by atoms with van der Waals surface area (Å²) in [7, 11) is 0. The Hall–Kier alpha value is -1.16. The lowest BCUT2D eigenvalue weighted by molar-refractivity contribution is -0.157. The van der Waals surface area contributed by atoms with Gasteiger partial charge in [-0.05, 0) is 12.0 Å². The quantitative estimate of drug-likeness (QED) is 0.364. The zero-order chi connectivity index (χ0) is 9.35. The summed E-state index contributed by atoms with van der Waals surface area (Å²) in [6, 6.07) is 0. The largest absolute Gasteiger partial charge is 0.391 e. The summed E-state index contributed by atoms with van der Waals surface area (Å²) in [5.74, 6) is -1.60. The van der Waals surface area contributed by atoms with E-state index in [1.165, 1.54) is 0 Å². The van der Waals surface area contributed by atoms with Gasteiger partial charge in [-0.15, -0.1) is 0 Å². The van der Waals surface area contributed by atoms with E-state index in [2.05, 4.69) is 11.3 Å². The lowest BCUT2D eigenvalue weighted by atomic mass is 9.91. The number of hydrogen-bond donors (Lipinski definition) is 1. The SMILES string of the molecule is C=C(CC)C1(O)CC(=O)OC1=O. The Balaban J connectivity index is 2.92. The van der Waals surface area contributed by atoms with Crippen LogP contribution in [0.25, 0.3) is 0 Å². The lowest BCUT2D eigenvalue weighted by Gasteiger charge is -2.17. The molecule has 1 aliphatic heterocycles. The van der Waals surface area contributed by atoms with Crippen LogP contribution in [0.1, 0.15) is 19.8 Å². The van der Waals surface area contributed by atoms with Crippen molar-refractivity contribution in [1.29, 1.82) is 0 Å². The van der Waals surface area contributed by atoms with Crippen molar-refractivity contribution in [3.05, 3.63) is 12.2 Å². The summed E-state index contributed by atoms with van der Waals surface area (Å²) in [6.07, 6.45) is 0.136. The number of esters is 2. The van der Waals surface area contributed by atoms with Gasteiger partial charge in [-0.1, -0.05) is 13.5 Å². The highest BCUT2D eigenvalue weighted by Crippen LogP contribution is 2.29. The second-order valence-electron chi connectivity index (χ2n) is 2.76. The molecular weight excluding hydrogens is 160 g/mol. The molecule has 0 radical (unpaired) electrons. The van der Waals surface area contributed by atoms with E-state index in [0.717, 1.165) is 0 Å². The third-order valence-corrected chi connectivity index (χ3v) is 1.96. The first-order chi connectivity index (χ1) is 5.50. The highest BCUT2D eigenvalue weighted by molar-refractivity contribution is 6.01. The van der Waals surface area contributed by atoms with E-state index < -0.39 is 17.5 Å². The van der Waals surface area contributed by atoms with E-state index in [1.807, 2.05) is 0 Å². The van der Waals surface area contributed by atoms with Gasteiger partial charge in [0.15, 0.2) is 5.60 Å². The number of hydrogen-bond acceptors (Lipinski definition) is 4. The van der Waals surface area contributed by atoms with Crippen molar-refractivity contribution >= 4 is 11.9 Å². The molecule has 1 N–H and O–H groups in total. The minimum atomic E-state index is -1.77. The Kier molecular flexibility index (Phi) is 2.02. The van der Waals surface area contributed by atoms with Crippen LogP contribution in [0.2, 0.25) is 0 Å². The molecule has 1 fully saturated rings. The van der Waals surface area contributed by atoms with E-state index in [-0.39, 0.29) is 6.42 Å². The zero-order valence-electron chi connectivity index (χ0n) is 6.79. The Morgan fingerprint density at radius 2 is 2.33 bits per heavy atom. The van der Waals surface area contributed by atoms with Crippen LogP contribution in [-0.2, 0) is 14.3 Å². The summed E-state index contributed by atoms with van der Waals surface area (Å²) >= 11 is 0.